The van der Waals surface area contributed by atoms with Crippen molar-refractivity contribution < 1.29 is 18.8 Å². The molecule has 0 spiro atoms. The minimum atomic E-state index is -1.95. The fourth-order valence-electron chi connectivity index (χ4n) is 3.54. The van der Waals surface area contributed by atoms with E-state index in [-0.39, 0.29) is 22.0 Å². The summed E-state index contributed by atoms with van der Waals surface area (Å²) in [5.74, 6) is 0.159. The first-order valence-corrected chi connectivity index (χ1v) is 17.6. The molecule has 2 rings (SSSR count). The first kappa shape index (κ1) is 27.1. The van der Waals surface area contributed by atoms with E-state index in [0.29, 0.717) is 19.8 Å². The van der Waals surface area contributed by atoms with Crippen molar-refractivity contribution in [3.05, 3.63) is 35.4 Å². The van der Waals surface area contributed by atoms with Crippen molar-refractivity contribution in [3.63, 3.8) is 0 Å². The van der Waals surface area contributed by atoms with E-state index < -0.39 is 22.7 Å². The summed E-state index contributed by atoms with van der Waals surface area (Å²) >= 11 is 0. The van der Waals surface area contributed by atoms with Gasteiger partial charge in [0, 0.05) is 12.5 Å². The summed E-state index contributed by atoms with van der Waals surface area (Å²) in [5.41, 5.74) is 2.36. The molecule has 1 aliphatic rings. The molecule has 0 radical (unpaired) electrons. The molecule has 0 saturated carbocycles. The van der Waals surface area contributed by atoms with E-state index in [4.69, 9.17) is 8.85 Å². The molecule has 1 aliphatic heterocycles. The van der Waals surface area contributed by atoms with Crippen LogP contribution in [0, 0.1) is 0 Å². The van der Waals surface area contributed by atoms with Crippen LogP contribution < -0.4 is 0 Å². The smallest absolute Gasteiger partial charge is 0.407 e. The lowest BCUT2D eigenvalue weighted by atomic mass is 9.91. The predicted molar refractivity (Wildman–Crippen MR) is 137 cm³/mol. The lowest BCUT2D eigenvalue weighted by Gasteiger charge is -2.38. The maximum Gasteiger partial charge on any atom is 0.407 e. The van der Waals surface area contributed by atoms with Crippen molar-refractivity contribution in [3.8, 4) is 0 Å². The van der Waals surface area contributed by atoms with Gasteiger partial charge in [0.25, 0.3) is 0 Å². The maximum absolute atomic E-state index is 11.9. The van der Waals surface area contributed by atoms with Gasteiger partial charge in [-0.25, -0.2) is 4.79 Å². The summed E-state index contributed by atoms with van der Waals surface area (Å²) in [6.07, 6.45) is -0.0202. The second kappa shape index (κ2) is 9.60. The molecule has 1 aromatic rings. The highest BCUT2D eigenvalue weighted by Gasteiger charge is 2.42. The second-order valence-corrected chi connectivity index (χ2v) is 21.9. The molecule has 2 atom stereocenters. The molecule has 1 N–H and O–H groups in total. The standard InChI is InChI=1S/C25H45NO4Si2/c1-24(2,3)31(7,8)29-17-19-11-13-20(14-12-19)21-15-16-26(23(27)28)22(21)18-30-32(9,10)25(4,5)6/h11-14,21-22H,15-18H2,1-10H3,(H,27,28). The molecule has 1 saturated heterocycles. The van der Waals surface area contributed by atoms with Crippen LogP contribution in [0.4, 0.5) is 4.79 Å². The Morgan fingerprint density at radius 3 is 1.94 bits per heavy atom. The van der Waals surface area contributed by atoms with E-state index in [0.717, 1.165) is 6.42 Å². The van der Waals surface area contributed by atoms with Crippen molar-refractivity contribution >= 4 is 22.7 Å². The van der Waals surface area contributed by atoms with Crippen LogP contribution in [0.15, 0.2) is 24.3 Å². The number of carbonyl (C=O) groups is 1. The van der Waals surface area contributed by atoms with Gasteiger partial charge in [-0.15, -0.1) is 0 Å². The van der Waals surface area contributed by atoms with Crippen LogP contribution in [0.3, 0.4) is 0 Å². The van der Waals surface area contributed by atoms with Crippen LogP contribution in [0.2, 0.25) is 36.3 Å². The van der Waals surface area contributed by atoms with Gasteiger partial charge in [-0.1, -0.05) is 65.8 Å². The van der Waals surface area contributed by atoms with Crippen LogP contribution in [-0.4, -0.2) is 51.9 Å². The van der Waals surface area contributed by atoms with Crippen molar-refractivity contribution in [2.75, 3.05) is 13.2 Å². The van der Waals surface area contributed by atoms with Crippen molar-refractivity contribution in [1.82, 2.24) is 4.90 Å². The molecule has 0 aliphatic carbocycles. The lowest BCUT2D eigenvalue weighted by molar-refractivity contribution is 0.116. The Hall–Kier alpha value is -1.16. The van der Waals surface area contributed by atoms with Crippen LogP contribution in [-0.2, 0) is 15.5 Å². The zero-order valence-corrected chi connectivity index (χ0v) is 23.9. The number of hydrogen-bond acceptors (Lipinski definition) is 3. The zero-order chi connectivity index (χ0) is 24.5. The van der Waals surface area contributed by atoms with Crippen LogP contribution in [0.1, 0.15) is 65.0 Å². The van der Waals surface area contributed by atoms with E-state index in [9.17, 15) is 9.90 Å². The summed E-state index contributed by atoms with van der Waals surface area (Å²) in [7, 11) is -3.74. The average molecular weight is 480 g/mol. The third kappa shape index (κ3) is 6.24. The minimum Gasteiger partial charge on any atom is -0.465 e. The lowest BCUT2D eigenvalue weighted by Crippen LogP contribution is -2.46. The Morgan fingerprint density at radius 1 is 0.969 bits per heavy atom. The quantitative estimate of drug-likeness (QED) is 0.425. The largest absolute Gasteiger partial charge is 0.465 e. The normalized spacial score (nSPS) is 20.6. The fraction of sp³-hybridized carbons (Fsp3) is 0.720. The van der Waals surface area contributed by atoms with Gasteiger partial charge in [0.05, 0.1) is 19.3 Å². The maximum atomic E-state index is 11.9. The van der Waals surface area contributed by atoms with Gasteiger partial charge in [-0.3, -0.25) is 0 Å². The number of likely N-dealkylation sites (tertiary alicyclic amines) is 1. The fourth-order valence-corrected chi connectivity index (χ4v) is 5.52. The van der Waals surface area contributed by atoms with Gasteiger partial charge < -0.3 is 18.9 Å². The molecule has 32 heavy (non-hydrogen) atoms. The molecule has 1 amide bonds. The molecule has 2 unspecified atom stereocenters. The number of benzene rings is 1. The van der Waals surface area contributed by atoms with E-state index in [1.165, 1.54) is 11.1 Å². The third-order valence-electron chi connectivity index (χ3n) is 8.03. The highest BCUT2D eigenvalue weighted by molar-refractivity contribution is 6.74. The molecular formula is C25H45NO4Si2. The van der Waals surface area contributed by atoms with E-state index in [1.807, 2.05) is 0 Å². The zero-order valence-electron chi connectivity index (χ0n) is 21.9. The topological polar surface area (TPSA) is 59.0 Å². The Balaban J connectivity index is 2.13. The summed E-state index contributed by atoms with van der Waals surface area (Å²) in [6, 6.07) is 8.44. The van der Waals surface area contributed by atoms with E-state index in [1.54, 1.807) is 4.90 Å². The molecule has 0 aromatic heterocycles. The molecule has 1 aromatic carbocycles. The molecule has 182 valence electrons. The van der Waals surface area contributed by atoms with Crippen LogP contribution in [0.25, 0.3) is 0 Å². The number of carboxylic acid groups (broad SMARTS) is 1. The average Bonchev–Trinajstić information content (AvgIpc) is 3.07. The Morgan fingerprint density at radius 2 is 1.47 bits per heavy atom. The molecule has 1 heterocycles. The molecule has 1 fully saturated rings. The summed E-state index contributed by atoms with van der Waals surface area (Å²) in [5, 5.41) is 10.0. The van der Waals surface area contributed by atoms with Crippen LogP contribution >= 0.6 is 0 Å². The molecule has 5 nitrogen and oxygen atoms in total. The van der Waals surface area contributed by atoms with Gasteiger partial charge in [0.15, 0.2) is 16.6 Å². The Bertz CT molecular complexity index is 779. The third-order valence-corrected chi connectivity index (χ3v) is 17.0. The van der Waals surface area contributed by atoms with Gasteiger partial charge in [-0.05, 0) is 53.8 Å². The van der Waals surface area contributed by atoms with E-state index >= 15 is 0 Å². The molecule has 0 bridgehead atoms. The number of nitrogens with zero attached hydrogens (tertiary/aromatic N) is 1. The summed E-state index contributed by atoms with van der Waals surface area (Å²) in [4.78, 5) is 13.5. The number of hydrogen-bond donors (Lipinski definition) is 1. The van der Waals surface area contributed by atoms with Crippen molar-refractivity contribution in [2.24, 2.45) is 0 Å². The van der Waals surface area contributed by atoms with Gasteiger partial charge in [0.2, 0.25) is 0 Å². The van der Waals surface area contributed by atoms with E-state index in [2.05, 4.69) is 92.0 Å². The molecule has 7 heteroatoms. The van der Waals surface area contributed by atoms with Crippen molar-refractivity contribution in [2.45, 2.75) is 103 Å². The van der Waals surface area contributed by atoms with Gasteiger partial charge in [0.1, 0.15) is 0 Å². The first-order chi connectivity index (χ1) is 14.5. The van der Waals surface area contributed by atoms with Gasteiger partial charge in [-0.2, -0.15) is 0 Å². The van der Waals surface area contributed by atoms with Crippen molar-refractivity contribution in [1.29, 1.82) is 0 Å². The second-order valence-electron chi connectivity index (χ2n) is 12.3. The first-order valence-electron chi connectivity index (χ1n) is 11.8. The highest BCUT2D eigenvalue weighted by Crippen LogP contribution is 2.40. The highest BCUT2D eigenvalue weighted by atomic mass is 28.4. The number of rotatable bonds is 7. The van der Waals surface area contributed by atoms with Crippen LogP contribution in [0.5, 0.6) is 0 Å². The monoisotopic (exact) mass is 479 g/mol. The Labute approximate surface area is 197 Å². The minimum absolute atomic E-state index is 0.0982. The molecular weight excluding hydrogens is 434 g/mol. The SMILES string of the molecule is CC(C)(C)[Si](C)(C)OCc1ccc(C2CCN(C(=O)O)C2CO[Si](C)(C)C(C)(C)C)cc1. The number of amides is 1. The summed E-state index contributed by atoms with van der Waals surface area (Å²) in [6.45, 7) is 24.0. The summed E-state index contributed by atoms with van der Waals surface area (Å²) < 4.78 is 12.8. The predicted octanol–water partition coefficient (Wildman–Crippen LogP) is 7.07. The Kier molecular flexibility index (Phi) is 8.13. The van der Waals surface area contributed by atoms with Gasteiger partial charge >= 0.3 is 6.09 Å².